The number of nitrogens with one attached hydrogen (secondary N) is 1. The lowest BCUT2D eigenvalue weighted by Gasteiger charge is -2.27. The van der Waals surface area contributed by atoms with Crippen LogP contribution in [0.4, 0.5) is 0 Å². The molecule has 1 atom stereocenters. The molecular weight excluding hydrogens is 338 g/mol. The molecule has 0 aliphatic rings. The predicted molar refractivity (Wildman–Crippen MR) is 89.7 cm³/mol. The molecule has 1 rings (SSSR count). The summed E-state index contributed by atoms with van der Waals surface area (Å²) in [5.74, 6) is 5.98. The van der Waals surface area contributed by atoms with Gasteiger partial charge in [-0.25, -0.2) is 5.84 Å². The molecule has 0 bridgehead atoms. The first-order chi connectivity index (χ1) is 9.53. The van der Waals surface area contributed by atoms with Crippen LogP contribution in [0.1, 0.15) is 29.3 Å². The molecule has 3 N–H and O–H groups in total. The minimum Gasteiger partial charge on any atom is -0.298 e. The average Bonchev–Trinajstić information content (AvgIpc) is 2.45. The van der Waals surface area contributed by atoms with Crippen LogP contribution < -0.4 is 11.3 Å². The van der Waals surface area contributed by atoms with Gasteiger partial charge in [0, 0.05) is 28.4 Å². The third-order valence-electron chi connectivity index (χ3n) is 3.32. The first kappa shape index (κ1) is 17.5. The Morgan fingerprint density at radius 2 is 2.25 bits per heavy atom. The van der Waals surface area contributed by atoms with Crippen LogP contribution >= 0.6 is 27.7 Å². The van der Waals surface area contributed by atoms with Crippen LogP contribution in [-0.2, 0) is 6.54 Å². The van der Waals surface area contributed by atoms with E-state index in [1.54, 1.807) is 12.1 Å². The topological polar surface area (TPSA) is 58.4 Å². The van der Waals surface area contributed by atoms with Crippen LogP contribution in [0, 0.1) is 0 Å². The monoisotopic (exact) mass is 359 g/mol. The highest BCUT2D eigenvalue weighted by Crippen LogP contribution is 2.21. The van der Waals surface area contributed by atoms with E-state index in [1.165, 1.54) is 5.56 Å². The Hall–Kier alpha value is -0.560. The molecule has 0 saturated carbocycles. The molecule has 0 aromatic heterocycles. The maximum absolute atomic E-state index is 11.5. The van der Waals surface area contributed by atoms with E-state index < -0.39 is 0 Å². The third-order valence-corrected chi connectivity index (χ3v) is 4.78. The minimum absolute atomic E-state index is 0.278. The van der Waals surface area contributed by atoms with Gasteiger partial charge < -0.3 is 0 Å². The lowest BCUT2D eigenvalue weighted by molar-refractivity contribution is 0.0953. The summed E-state index contributed by atoms with van der Waals surface area (Å²) in [4.78, 5) is 13.8. The van der Waals surface area contributed by atoms with Crippen LogP contribution in [0.3, 0.4) is 0 Å². The predicted octanol–water partition coefficient (Wildman–Crippen LogP) is 2.63. The number of hydrogen-bond donors (Lipinski definition) is 2. The normalized spacial score (nSPS) is 12.5. The molecule has 0 aliphatic carbocycles. The Morgan fingerprint density at radius 1 is 1.55 bits per heavy atom. The second kappa shape index (κ2) is 8.67. The van der Waals surface area contributed by atoms with Crippen molar-refractivity contribution in [3.63, 3.8) is 0 Å². The molecular formula is C14H22BrN3OS. The highest BCUT2D eigenvalue weighted by Gasteiger charge is 2.14. The summed E-state index contributed by atoms with van der Waals surface area (Å²) in [6.45, 7) is 3.06. The molecule has 1 aromatic carbocycles. The van der Waals surface area contributed by atoms with Crippen molar-refractivity contribution in [2.24, 2.45) is 5.84 Å². The number of rotatable bonds is 7. The van der Waals surface area contributed by atoms with Crippen molar-refractivity contribution < 1.29 is 4.79 Å². The summed E-state index contributed by atoms with van der Waals surface area (Å²) < 4.78 is 0.935. The van der Waals surface area contributed by atoms with E-state index in [4.69, 9.17) is 5.84 Å². The molecule has 0 spiro atoms. The fraction of sp³-hybridized carbons (Fsp3) is 0.500. The van der Waals surface area contributed by atoms with Crippen molar-refractivity contribution in [2.45, 2.75) is 25.9 Å². The Balaban J connectivity index is 2.80. The molecule has 20 heavy (non-hydrogen) atoms. The summed E-state index contributed by atoms with van der Waals surface area (Å²) in [6.07, 6.45) is 3.26. The maximum atomic E-state index is 11.5. The summed E-state index contributed by atoms with van der Waals surface area (Å²) in [5.41, 5.74) is 3.86. The molecule has 1 aromatic rings. The lowest BCUT2D eigenvalue weighted by atomic mass is 10.1. The Bertz CT molecular complexity index is 456. The molecule has 112 valence electrons. The molecule has 4 nitrogen and oxygen atoms in total. The summed E-state index contributed by atoms with van der Waals surface area (Å²) in [5, 5.41) is 0. The van der Waals surface area contributed by atoms with Crippen molar-refractivity contribution in [1.29, 1.82) is 0 Å². The number of carbonyl (C=O) groups is 1. The van der Waals surface area contributed by atoms with Gasteiger partial charge in [0.25, 0.3) is 5.91 Å². The van der Waals surface area contributed by atoms with E-state index in [0.29, 0.717) is 11.6 Å². The number of thioether (sulfide) groups is 1. The van der Waals surface area contributed by atoms with E-state index in [9.17, 15) is 4.79 Å². The van der Waals surface area contributed by atoms with Gasteiger partial charge in [0.1, 0.15) is 0 Å². The van der Waals surface area contributed by atoms with Crippen molar-refractivity contribution in [3.8, 4) is 0 Å². The van der Waals surface area contributed by atoms with Gasteiger partial charge >= 0.3 is 0 Å². The van der Waals surface area contributed by atoms with Crippen molar-refractivity contribution in [1.82, 2.24) is 10.3 Å². The van der Waals surface area contributed by atoms with Crippen LogP contribution in [0.2, 0.25) is 0 Å². The fourth-order valence-electron chi connectivity index (χ4n) is 2.05. The van der Waals surface area contributed by atoms with E-state index in [0.717, 1.165) is 23.2 Å². The molecule has 0 aliphatic heterocycles. The number of amides is 1. The zero-order valence-corrected chi connectivity index (χ0v) is 14.6. The molecule has 0 fully saturated rings. The smallest absolute Gasteiger partial charge is 0.265 e. The highest BCUT2D eigenvalue weighted by atomic mass is 79.9. The summed E-state index contributed by atoms with van der Waals surface area (Å²) >= 11 is 5.40. The van der Waals surface area contributed by atoms with Gasteiger partial charge in [0.15, 0.2) is 0 Å². The van der Waals surface area contributed by atoms with E-state index in [-0.39, 0.29) is 5.91 Å². The largest absolute Gasteiger partial charge is 0.298 e. The van der Waals surface area contributed by atoms with Crippen LogP contribution in [-0.4, -0.2) is 35.9 Å². The van der Waals surface area contributed by atoms with Crippen molar-refractivity contribution in [3.05, 3.63) is 33.8 Å². The van der Waals surface area contributed by atoms with Gasteiger partial charge in [-0.05, 0) is 37.4 Å². The number of carbonyl (C=O) groups excluding carboxylic acids is 1. The molecule has 0 radical (unpaired) electrons. The second-order valence-electron chi connectivity index (χ2n) is 4.71. The van der Waals surface area contributed by atoms with Gasteiger partial charge in [0.2, 0.25) is 0 Å². The summed E-state index contributed by atoms with van der Waals surface area (Å²) in [7, 11) is 2.14. The minimum atomic E-state index is -0.278. The number of benzene rings is 1. The molecule has 1 amide bonds. The zero-order valence-electron chi connectivity index (χ0n) is 12.1. The number of nitrogen functional groups attached to an aromatic ring is 1. The lowest BCUT2D eigenvalue weighted by Crippen LogP contribution is -2.33. The summed E-state index contributed by atoms with van der Waals surface area (Å²) in [6, 6.07) is 6.13. The maximum Gasteiger partial charge on any atom is 0.265 e. The Kier molecular flexibility index (Phi) is 7.58. The molecule has 1 unspecified atom stereocenters. The highest BCUT2D eigenvalue weighted by molar-refractivity contribution is 9.10. The van der Waals surface area contributed by atoms with Crippen molar-refractivity contribution >= 4 is 33.6 Å². The van der Waals surface area contributed by atoms with Crippen LogP contribution in [0.5, 0.6) is 0 Å². The van der Waals surface area contributed by atoms with Crippen LogP contribution in [0.25, 0.3) is 0 Å². The molecule has 0 saturated heterocycles. The number of nitrogens with zero attached hydrogens (tertiary/aromatic N) is 1. The average molecular weight is 360 g/mol. The van der Waals surface area contributed by atoms with Gasteiger partial charge in [-0.1, -0.05) is 28.9 Å². The first-order valence-electron chi connectivity index (χ1n) is 6.52. The third kappa shape index (κ3) is 4.77. The van der Waals surface area contributed by atoms with E-state index in [2.05, 4.69) is 46.5 Å². The fourth-order valence-corrected chi connectivity index (χ4v) is 3.43. The van der Waals surface area contributed by atoms with Crippen LogP contribution in [0.15, 0.2) is 22.7 Å². The van der Waals surface area contributed by atoms with Gasteiger partial charge in [0.05, 0.1) is 0 Å². The standard InChI is InChI=1S/C14H22BrN3OS/c1-4-12(9-20-3)18(2)8-11-6-5-10(7-13(11)15)14(19)17-16/h5-7,12H,4,8-9,16H2,1-3H3,(H,17,19). The number of halogens is 1. The molecule has 0 heterocycles. The van der Waals surface area contributed by atoms with E-state index in [1.807, 2.05) is 17.8 Å². The molecule has 6 heteroatoms. The van der Waals surface area contributed by atoms with Gasteiger partial charge in [-0.3, -0.25) is 15.1 Å². The second-order valence-corrected chi connectivity index (χ2v) is 6.48. The SMILES string of the molecule is CCC(CSC)N(C)Cc1ccc(C(=O)NN)cc1Br. The Labute approximate surface area is 133 Å². The first-order valence-corrected chi connectivity index (χ1v) is 8.70. The van der Waals surface area contributed by atoms with Gasteiger partial charge in [-0.2, -0.15) is 11.8 Å². The Morgan fingerprint density at radius 3 is 2.75 bits per heavy atom. The quantitative estimate of drug-likeness (QED) is 0.446. The number of nitrogens with two attached hydrogens (primary N) is 1. The number of hydrazine groups is 1. The van der Waals surface area contributed by atoms with E-state index >= 15 is 0 Å². The van der Waals surface area contributed by atoms with Crippen molar-refractivity contribution in [2.75, 3.05) is 19.1 Å². The zero-order chi connectivity index (χ0) is 15.1. The number of hydrogen-bond acceptors (Lipinski definition) is 4. The van der Waals surface area contributed by atoms with Gasteiger partial charge in [-0.15, -0.1) is 0 Å².